The van der Waals surface area contributed by atoms with Crippen LogP contribution in [0.2, 0.25) is 5.02 Å². The van der Waals surface area contributed by atoms with Gasteiger partial charge in [-0.25, -0.2) is 0 Å². The maximum atomic E-state index is 10.3. The van der Waals surface area contributed by atoms with Crippen LogP contribution in [0.15, 0.2) is 24.3 Å². The Kier molecular flexibility index (Phi) is 9.39. The van der Waals surface area contributed by atoms with Crippen molar-refractivity contribution in [2.75, 3.05) is 19.8 Å². The molecule has 0 radical (unpaired) electrons. The van der Waals surface area contributed by atoms with Gasteiger partial charge in [0.15, 0.2) is 12.6 Å². The molecule has 0 aromatic heterocycles. The summed E-state index contributed by atoms with van der Waals surface area (Å²) in [7, 11) is 0. The van der Waals surface area contributed by atoms with Gasteiger partial charge in [0.2, 0.25) is 0 Å². The molecule has 0 bridgehead atoms. The number of hydrogen-bond acceptors (Lipinski definition) is 12. The quantitative estimate of drug-likeness (QED) is 0.181. The highest BCUT2D eigenvalue weighted by molar-refractivity contribution is 6.30. The van der Waals surface area contributed by atoms with E-state index in [2.05, 4.69) is 0 Å². The predicted molar refractivity (Wildman–Crippen MR) is 111 cm³/mol. The third kappa shape index (κ3) is 6.00. The average molecular weight is 496 g/mol. The van der Waals surface area contributed by atoms with Gasteiger partial charge in [0, 0.05) is 11.6 Å². The maximum absolute atomic E-state index is 10.3. The summed E-state index contributed by atoms with van der Waals surface area (Å²) >= 11 is 5.89. The first-order valence-electron chi connectivity index (χ1n) is 10.4. The Bertz CT molecular complexity index is 741. The Morgan fingerprint density at radius 3 is 1.94 bits per heavy atom. The van der Waals surface area contributed by atoms with Gasteiger partial charge >= 0.3 is 0 Å². The monoisotopic (exact) mass is 495 g/mol. The lowest BCUT2D eigenvalue weighted by Crippen LogP contribution is -2.61. The summed E-state index contributed by atoms with van der Waals surface area (Å²) < 4.78 is 22.0. The minimum atomic E-state index is -1.66. The van der Waals surface area contributed by atoms with Gasteiger partial charge in [-0.05, 0) is 17.7 Å². The second kappa shape index (κ2) is 11.6. The molecule has 11 atom stereocenters. The van der Waals surface area contributed by atoms with E-state index in [1.165, 1.54) is 0 Å². The highest BCUT2D eigenvalue weighted by Crippen LogP contribution is 2.29. The molecule has 1 unspecified atom stereocenters. The molecule has 3 rings (SSSR count). The van der Waals surface area contributed by atoms with E-state index >= 15 is 0 Å². The van der Waals surface area contributed by atoms with E-state index in [4.69, 9.17) is 36.3 Å². The van der Waals surface area contributed by atoms with Crippen LogP contribution in [0.4, 0.5) is 0 Å². The predicted octanol–water partition coefficient (Wildman–Crippen LogP) is -3.02. The molecule has 0 amide bonds. The summed E-state index contributed by atoms with van der Waals surface area (Å²) in [6.45, 7) is -1.08. The second-order valence-electron chi connectivity index (χ2n) is 7.96. The molecular weight excluding hydrogens is 466 g/mol. The molecule has 188 valence electrons. The van der Waals surface area contributed by atoms with Gasteiger partial charge in [-0.2, -0.15) is 0 Å². The number of nitrogens with two attached hydrogens (primary N) is 1. The summed E-state index contributed by atoms with van der Waals surface area (Å²) in [5.41, 5.74) is 6.43. The molecule has 2 aliphatic heterocycles. The van der Waals surface area contributed by atoms with Crippen LogP contribution >= 0.6 is 11.6 Å². The molecule has 2 fully saturated rings. The smallest absolute Gasteiger partial charge is 0.187 e. The normalized spacial score (nSPS) is 40.5. The maximum Gasteiger partial charge on any atom is 0.187 e. The number of benzene rings is 1. The van der Waals surface area contributed by atoms with Crippen molar-refractivity contribution < 1.29 is 54.7 Å². The van der Waals surface area contributed by atoms with Gasteiger partial charge < -0.3 is 60.4 Å². The lowest BCUT2D eigenvalue weighted by Gasteiger charge is -2.43. The molecule has 2 saturated heterocycles. The lowest BCUT2D eigenvalue weighted by atomic mass is 9.98. The molecule has 1 aromatic rings. The summed E-state index contributed by atoms with van der Waals surface area (Å²) in [5.74, 6) is 0. The van der Waals surface area contributed by atoms with Gasteiger partial charge in [-0.1, -0.05) is 23.7 Å². The molecule has 2 heterocycles. The van der Waals surface area contributed by atoms with Crippen molar-refractivity contribution >= 4 is 11.6 Å². The van der Waals surface area contributed by atoms with Crippen molar-refractivity contribution in [2.24, 2.45) is 5.73 Å². The lowest BCUT2D eigenvalue weighted by molar-refractivity contribution is -0.335. The van der Waals surface area contributed by atoms with Crippen LogP contribution in [0.3, 0.4) is 0 Å². The van der Waals surface area contributed by atoms with Crippen molar-refractivity contribution in [3.8, 4) is 0 Å². The standard InChI is InChI=1S/C20H30ClNO11/c21-9-3-1-8(2-4-9)10(5-22)31-20-18(29)16(27)14(25)12(33-20)7-30-19-17(28)15(26)13(24)11(6-23)32-19/h1-4,10-20,23-29H,5-7,22H2/t10?,11-,12-,13-,14-,15+,16+,17-,18-,19-,20-/m1/s1. The largest absolute Gasteiger partial charge is 0.394 e. The number of rotatable bonds is 8. The molecule has 0 spiro atoms. The first-order chi connectivity index (χ1) is 15.7. The summed E-state index contributed by atoms with van der Waals surface area (Å²) in [6.07, 6.45) is -15.7. The van der Waals surface area contributed by atoms with Crippen LogP contribution in [0, 0.1) is 0 Å². The minimum Gasteiger partial charge on any atom is -0.394 e. The first kappa shape index (κ1) is 26.6. The number of halogens is 1. The van der Waals surface area contributed by atoms with E-state index in [0.29, 0.717) is 10.6 Å². The van der Waals surface area contributed by atoms with Crippen LogP contribution in [-0.4, -0.2) is 117 Å². The Labute approximate surface area is 194 Å². The van der Waals surface area contributed by atoms with Crippen molar-refractivity contribution in [1.29, 1.82) is 0 Å². The third-order valence-corrected chi connectivity index (χ3v) is 5.95. The molecule has 9 N–H and O–H groups in total. The second-order valence-corrected chi connectivity index (χ2v) is 8.39. The zero-order valence-electron chi connectivity index (χ0n) is 17.5. The highest BCUT2D eigenvalue weighted by Gasteiger charge is 2.47. The van der Waals surface area contributed by atoms with E-state index < -0.39 is 80.7 Å². The Balaban J connectivity index is 1.65. The molecule has 1 aromatic carbocycles. The van der Waals surface area contributed by atoms with Crippen LogP contribution in [0.1, 0.15) is 11.7 Å². The van der Waals surface area contributed by atoms with Crippen molar-refractivity contribution in [1.82, 2.24) is 0 Å². The van der Waals surface area contributed by atoms with Crippen LogP contribution in [-0.2, 0) is 18.9 Å². The fourth-order valence-corrected chi connectivity index (χ4v) is 3.80. The summed E-state index contributed by atoms with van der Waals surface area (Å²) in [6, 6.07) is 6.63. The van der Waals surface area contributed by atoms with E-state index in [-0.39, 0.29) is 6.54 Å². The highest BCUT2D eigenvalue weighted by atomic mass is 35.5. The van der Waals surface area contributed by atoms with Crippen molar-refractivity contribution in [2.45, 2.75) is 67.5 Å². The van der Waals surface area contributed by atoms with Gasteiger partial charge in [0.25, 0.3) is 0 Å². The topological polar surface area (TPSA) is 205 Å². The molecule has 0 aliphatic carbocycles. The van der Waals surface area contributed by atoms with Gasteiger partial charge in [-0.15, -0.1) is 0 Å². The van der Waals surface area contributed by atoms with E-state index in [0.717, 1.165) is 0 Å². The van der Waals surface area contributed by atoms with E-state index in [9.17, 15) is 35.7 Å². The molecule has 2 aliphatic rings. The fourth-order valence-electron chi connectivity index (χ4n) is 3.67. The van der Waals surface area contributed by atoms with E-state index in [1.807, 2.05) is 0 Å². The SMILES string of the molecule is NCC(O[C@@H]1O[C@H](CO[C@@H]2O[C@H](CO)[C@@H](O)[C@H](O)[C@H]2O)[C@@H](O)[C@H](O)[C@H]1O)c1ccc(Cl)cc1. The number of aliphatic hydroxyl groups excluding tert-OH is 7. The Hall–Kier alpha value is -0.970. The Morgan fingerprint density at radius 1 is 0.818 bits per heavy atom. The van der Waals surface area contributed by atoms with Gasteiger partial charge in [-0.3, -0.25) is 0 Å². The van der Waals surface area contributed by atoms with Crippen molar-refractivity contribution in [3.63, 3.8) is 0 Å². The zero-order chi connectivity index (χ0) is 24.3. The molecule has 33 heavy (non-hydrogen) atoms. The van der Waals surface area contributed by atoms with Gasteiger partial charge in [0.1, 0.15) is 48.8 Å². The van der Waals surface area contributed by atoms with Gasteiger partial charge in [0.05, 0.1) is 19.3 Å². The number of hydrogen-bond donors (Lipinski definition) is 8. The zero-order valence-corrected chi connectivity index (χ0v) is 18.3. The summed E-state index contributed by atoms with van der Waals surface area (Å²) in [5, 5.41) is 70.5. The van der Waals surface area contributed by atoms with Crippen LogP contribution < -0.4 is 5.73 Å². The van der Waals surface area contributed by atoms with E-state index in [1.54, 1.807) is 24.3 Å². The van der Waals surface area contributed by atoms with Crippen LogP contribution in [0.5, 0.6) is 0 Å². The molecule has 12 nitrogen and oxygen atoms in total. The first-order valence-corrected chi connectivity index (χ1v) is 10.8. The fraction of sp³-hybridized carbons (Fsp3) is 0.700. The molecule has 13 heteroatoms. The average Bonchev–Trinajstić information content (AvgIpc) is 2.82. The van der Waals surface area contributed by atoms with Crippen molar-refractivity contribution in [3.05, 3.63) is 34.9 Å². The summed E-state index contributed by atoms with van der Waals surface area (Å²) in [4.78, 5) is 0. The third-order valence-electron chi connectivity index (χ3n) is 5.70. The molecular formula is C20H30ClNO11. The minimum absolute atomic E-state index is 0.0128. The number of ether oxygens (including phenoxy) is 4. The Morgan fingerprint density at radius 2 is 1.36 bits per heavy atom. The number of aliphatic hydroxyl groups is 7. The van der Waals surface area contributed by atoms with Crippen LogP contribution in [0.25, 0.3) is 0 Å². The molecule has 0 saturated carbocycles.